The molecule has 2 amide bonds. The number of carbonyl (C=O) groups is 3. The van der Waals surface area contributed by atoms with Crippen LogP contribution in [0.5, 0.6) is 5.75 Å². The Morgan fingerprint density at radius 2 is 1.69 bits per heavy atom. The van der Waals surface area contributed by atoms with Gasteiger partial charge in [0.25, 0.3) is 0 Å². The maximum Gasteiger partial charge on any atom is 0.240 e. The highest BCUT2D eigenvalue weighted by Gasteiger charge is 2.64. The van der Waals surface area contributed by atoms with Gasteiger partial charge in [-0.3, -0.25) is 14.4 Å². The van der Waals surface area contributed by atoms with Crippen molar-refractivity contribution in [2.75, 3.05) is 12.0 Å². The van der Waals surface area contributed by atoms with E-state index < -0.39 is 35.6 Å². The zero-order valence-electron chi connectivity index (χ0n) is 19.1. The van der Waals surface area contributed by atoms with Crippen molar-refractivity contribution < 1.29 is 23.5 Å². The summed E-state index contributed by atoms with van der Waals surface area (Å²) in [5.41, 5.74) is 2.53. The number of hydrogen-bond donors (Lipinski definition) is 0. The number of methoxy groups -OCH3 is 1. The van der Waals surface area contributed by atoms with E-state index in [0.29, 0.717) is 21.5 Å². The fraction of sp³-hybridized carbons (Fsp3) is 0.179. The molecule has 3 heterocycles. The van der Waals surface area contributed by atoms with E-state index in [9.17, 15) is 18.8 Å². The summed E-state index contributed by atoms with van der Waals surface area (Å²) in [5, 5.41) is 0. The Labute approximate surface area is 215 Å². The fourth-order valence-corrected chi connectivity index (χ4v) is 6.23. The van der Waals surface area contributed by atoms with Crippen molar-refractivity contribution in [1.29, 1.82) is 0 Å². The Hall–Kier alpha value is -3.78. The second-order valence-electron chi connectivity index (χ2n) is 9.03. The Balaban J connectivity index is 1.48. The zero-order valence-corrected chi connectivity index (χ0v) is 20.7. The first-order valence-corrected chi connectivity index (χ1v) is 12.3. The Morgan fingerprint density at radius 1 is 0.972 bits per heavy atom. The van der Waals surface area contributed by atoms with Gasteiger partial charge >= 0.3 is 0 Å². The van der Waals surface area contributed by atoms with E-state index in [-0.39, 0.29) is 11.7 Å². The van der Waals surface area contributed by atoms with E-state index in [1.165, 1.54) is 31.4 Å². The van der Waals surface area contributed by atoms with Gasteiger partial charge in [-0.15, -0.1) is 0 Å². The summed E-state index contributed by atoms with van der Waals surface area (Å²) in [6, 6.07) is 16.6. The van der Waals surface area contributed by atoms with Crippen molar-refractivity contribution in [2.45, 2.75) is 12.1 Å². The predicted molar refractivity (Wildman–Crippen MR) is 135 cm³/mol. The molecule has 3 aliphatic rings. The third kappa shape index (κ3) is 3.24. The van der Waals surface area contributed by atoms with Crippen LogP contribution in [0.2, 0.25) is 0 Å². The quantitative estimate of drug-likeness (QED) is 0.340. The Kier molecular flexibility index (Phi) is 5.30. The smallest absolute Gasteiger partial charge is 0.240 e. The van der Waals surface area contributed by atoms with Crippen LogP contribution in [0.25, 0.3) is 6.08 Å². The molecule has 2 saturated heterocycles. The summed E-state index contributed by atoms with van der Waals surface area (Å²) in [5.74, 6) is -2.64. The average Bonchev–Trinajstić information content (AvgIpc) is 3.36. The molecule has 0 radical (unpaired) electrons. The fourth-order valence-electron chi connectivity index (χ4n) is 5.69. The van der Waals surface area contributed by atoms with Crippen LogP contribution >= 0.6 is 15.9 Å². The average molecular weight is 547 g/mol. The van der Waals surface area contributed by atoms with E-state index >= 15 is 0 Å². The SMILES string of the molecule is COc1ccc(C(=O)[C@@H]2[C@@H]3C(=O)N(c4ccc(F)cc4)C(=O)[C@H]3[C@@H]3c4ccccc4C=CN23)cc1Br. The first-order chi connectivity index (χ1) is 17.4. The highest BCUT2D eigenvalue weighted by Crippen LogP contribution is 2.53. The molecule has 36 heavy (non-hydrogen) atoms. The lowest BCUT2D eigenvalue weighted by atomic mass is 9.83. The van der Waals surface area contributed by atoms with E-state index in [1.54, 1.807) is 18.2 Å². The number of amides is 2. The normalized spacial score (nSPS) is 24.0. The highest BCUT2D eigenvalue weighted by molar-refractivity contribution is 9.10. The molecule has 4 atom stereocenters. The topological polar surface area (TPSA) is 66.9 Å². The molecule has 0 unspecified atom stereocenters. The summed E-state index contributed by atoms with van der Waals surface area (Å²) in [4.78, 5) is 44.6. The zero-order chi connectivity index (χ0) is 25.1. The first kappa shape index (κ1) is 22.7. The third-order valence-electron chi connectivity index (χ3n) is 7.25. The summed E-state index contributed by atoms with van der Waals surface area (Å²) in [6.07, 6.45) is 3.72. The number of Topliss-reactive ketones (excluding diaryl/α,β-unsaturated/α-hetero) is 1. The van der Waals surface area contributed by atoms with Crippen molar-refractivity contribution in [1.82, 2.24) is 4.90 Å². The number of carbonyl (C=O) groups excluding carboxylic acids is 3. The number of ether oxygens (including phenoxy) is 1. The van der Waals surface area contributed by atoms with Gasteiger partial charge in [0.1, 0.15) is 17.6 Å². The third-order valence-corrected chi connectivity index (χ3v) is 7.87. The summed E-state index contributed by atoms with van der Waals surface area (Å²) < 4.78 is 19.5. The maximum absolute atomic E-state index is 14.0. The number of anilines is 1. The second-order valence-corrected chi connectivity index (χ2v) is 9.89. The number of rotatable bonds is 4. The molecule has 6 nitrogen and oxygen atoms in total. The van der Waals surface area contributed by atoms with Crippen molar-refractivity contribution in [2.24, 2.45) is 11.8 Å². The maximum atomic E-state index is 14.0. The van der Waals surface area contributed by atoms with Crippen LogP contribution in [-0.2, 0) is 9.59 Å². The molecule has 0 spiro atoms. The molecule has 0 N–H and O–H groups in total. The lowest BCUT2D eigenvalue weighted by Gasteiger charge is -2.35. The van der Waals surface area contributed by atoms with Crippen LogP contribution in [0.4, 0.5) is 10.1 Å². The highest BCUT2D eigenvalue weighted by atomic mass is 79.9. The van der Waals surface area contributed by atoms with Crippen LogP contribution in [0.3, 0.4) is 0 Å². The number of halogens is 2. The minimum Gasteiger partial charge on any atom is -0.496 e. The Bertz CT molecular complexity index is 1450. The van der Waals surface area contributed by atoms with Crippen molar-refractivity contribution >= 4 is 45.3 Å². The van der Waals surface area contributed by atoms with Crippen LogP contribution in [0.15, 0.2) is 77.4 Å². The second kappa shape index (κ2) is 8.41. The number of imide groups is 1. The molecular weight excluding hydrogens is 527 g/mol. The molecule has 3 aromatic carbocycles. The van der Waals surface area contributed by atoms with Crippen molar-refractivity contribution in [3.05, 3.63) is 99.9 Å². The molecule has 0 bridgehead atoms. The standard InChI is InChI=1S/C28H20BrFN2O4/c1-36-21-11-6-16(14-20(21)29)26(33)25-23-22(24-19-5-3-2-4-15(19)12-13-31(24)25)27(34)32(28(23)35)18-9-7-17(30)8-10-18/h2-14,22-25H,1H3/t22-,23-,24+,25+/m1/s1. The number of fused-ring (bicyclic) bond motifs is 5. The molecule has 0 aliphatic carbocycles. The lowest BCUT2D eigenvalue weighted by molar-refractivity contribution is -0.123. The number of ketones is 1. The molecule has 8 heteroatoms. The van der Waals surface area contributed by atoms with E-state index in [0.717, 1.165) is 16.0 Å². The van der Waals surface area contributed by atoms with Gasteiger partial charge in [-0.05, 0) is 75.6 Å². The molecule has 3 aromatic rings. The van der Waals surface area contributed by atoms with Gasteiger partial charge in [-0.25, -0.2) is 9.29 Å². The molecule has 3 aliphatic heterocycles. The molecule has 6 rings (SSSR count). The molecule has 0 saturated carbocycles. The number of hydrogen-bond acceptors (Lipinski definition) is 5. The minimum absolute atomic E-state index is 0.262. The van der Waals surface area contributed by atoms with E-state index in [4.69, 9.17) is 4.74 Å². The van der Waals surface area contributed by atoms with Gasteiger partial charge in [0.2, 0.25) is 11.8 Å². The summed E-state index contributed by atoms with van der Waals surface area (Å²) in [7, 11) is 1.54. The van der Waals surface area contributed by atoms with Crippen LogP contribution in [0, 0.1) is 17.7 Å². The van der Waals surface area contributed by atoms with Gasteiger partial charge < -0.3 is 9.64 Å². The first-order valence-electron chi connectivity index (χ1n) is 11.5. The largest absolute Gasteiger partial charge is 0.496 e. The molecule has 2 fully saturated rings. The van der Waals surface area contributed by atoms with Gasteiger partial charge in [0.15, 0.2) is 5.78 Å². The van der Waals surface area contributed by atoms with Crippen LogP contribution in [0.1, 0.15) is 27.5 Å². The summed E-state index contributed by atoms with van der Waals surface area (Å²) >= 11 is 3.43. The monoisotopic (exact) mass is 546 g/mol. The number of benzene rings is 3. The summed E-state index contributed by atoms with van der Waals surface area (Å²) in [6.45, 7) is 0. The van der Waals surface area contributed by atoms with Gasteiger partial charge in [-0.2, -0.15) is 0 Å². The van der Waals surface area contributed by atoms with Gasteiger partial charge in [0, 0.05) is 11.8 Å². The lowest BCUT2D eigenvalue weighted by Crippen LogP contribution is -2.44. The van der Waals surface area contributed by atoms with Gasteiger partial charge in [-0.1, -0.05) is 24.3 Å². The van der Waals surface area contributed by atoms with Gasteiger partial charge in [0.05, 0.1) is 35.1 Å². The molecule has 180 valence electrons. The van der Waals surface area contributed by atoms with Crippen molar-refractivity contribution in [3.63, 3.8) is 0 Å². The van der Waals surface area contributed by atoms with Crippen LogP contribution < -0.4 is 9.64 Å². The Morgan fingerprint density at radius 3 is 2.42 bits per heavy atom. The van der Waals surface area contributed by atoms with Crippen molar-refractivity contribution in [3.8, 4) is 5.75 Å². The molecule has 0 aromatic heterocycles. The predicted octanol–water partition coefficient (Wildman–Crippen LogP) is 5.00. The minimum atomic E-state index is -0.892. The van der Waals surface area contributed by atoms with E-state index in [1.807, 2.05) is 41.4 Å². The van der Waals surface area contributed by atoms with E-state index in [2.05, 4.69) is 15.9 Å². The van der Waals surface area contributed by atoms with Crippen LogP contribution in [-0.4, -0.2) is 35.6 Å². The number of nitrogens with zero attached hydrogens (tertiary/aromatic N) is 2. The molecular formula is C28H20BrFN2O4.